The summed E-state index contributed by atoms with van der Waals surface area (Å²) in [4.78, 5) is 12.0. The van der Waals surface area contributed by atoms with Crippen LogP contribution < -0.4 is 14.8 Å². The number of ether oxygens (including phenoxy) is 3. The topological polar surface area (TPSA) is 69.9 Å². The van der Waals surface area contributed by atoms with Gasteiger partial charge in [0.1, 0.15) is 23.9 Å². The van der Waals surface area contributed by atoms with E-state index in [1.54, 1.807) is 19.2 Å². The fraction of sp³-hybridized carbons (Fsp3) is 0.389. The Morgan fingerprint density at radius 1 is 1.21 bits per heavy atom. The van der Waals surface area contributed by atoms with Crippen LogP contribution in [-0.4, -0.2) is 32.3 Å². The monoisotopic (exact) mass is 331 g/mol. The van der Waals surface area contributed by atoms with Crippen molar-refractivity contribution in [3.63, 3.8) is 0 Å². The Kier molecular flexibility index (Phi) is 5.38. The van der Waals surface area contributed by atoms with Crippen molar-refractivity contribution < 1.29 is 23.4 Å². The number of nitrogens with one attached hydrogen (secondary N) is 1. The smallest absolute Gasteiger partial charge is 0.287 e. The van der Waals surface area contributed by atoms with Crippen LogP contribution in [0.4, 0.5) is 0 Å². The van der Waals surface area contributed by atoms with Crippen LogP contribution in [0.5, 0.6) is 11.5 Å². The summed E-state index contributed by atoms with van der Waals surface area (Å²) in [7, 11) is 1.62. The number of hydrogen-bond donors (Lipinski definition) is 1. The molecule has 1 N–H and O–H groups in total. The van der Waals surface area contributed by atoms with E-state index in [0.29, 0.717) is 18.1 Å². The molecule has 6 nitrogen and oxygen atoms in total. The largest absolute Gasteiger partial charge is 0.497 e. The average Bonchev–Trinajstić information content (AvgIpc) is 3.30. The lowest BCUT2D eigenvalue weighted by molar-refractivity contribution is 0.0832. The van der Waals surface area contributed by atoms with Crippen LogP contribution >= 0.6 is 0 Å². The Bertz CT molecular complexity index is 658. The molecule has 128 valence electrons. The third kappa shape index (κ3) is 4.29. The predicted octanol–water partition coefficient (Wildman–Crippen LogP) is 2.78. The summed E-state index contributed by atoms with van der Waals surface area (Å²) < 4.78 is 21.7. The minimum Gasteiger partial charge on any atom is -0.497 e. The fourth-order valence-corrected chi connectivity index (χ4v) is 2.50. The van der Waals surface area contributed by atoms with Crippen LogP contribution in [0, 0.1) is 0 Å². The molecule has 1 aromatic carbocycles. The lowest BCUT2D eigenvalue weighted by Crippen LogP contribution is -2.31. The maximum absolute atomic E-state index is 12.0. The molecule has 1 aliphatic rings. The number of carbonyl (C=O) groups is 1. The van der Waals surface area contributed by atoms with Crippen molar-refractivity contribution >= 4 is 5.91 Å². The molecule has 1 aliphatic heterocycles. The minimum atomic E-state index is -0.235. The number of rotatable bonds is 7. The summed E-state index contributed by atoms with van der Waals surface area (Å²) in [5.74, 6) is 2.11. The van der Waals surface area contributed by atoms with Gasteiger partial charge in [0.15, 0.2) is 5.76 Å². The molecule has 2 aromatic rings. The van der Waals surface area contributed by atoms with Gasteiger partial charge in [-0.25, -0.2) is 0 Å². The zero-order valence-corrected chi connectivity index (χ0v) is 13.6. The molecule has 24 heavy (non-hydrogen) atoms. The highest BCUT2D eigenvalue weighted by atomic mass is 16.5. The second-order valence-corrected chi connectivity index (χ2v) is 5.58. The fourth-order valence-electron chi connectivity index (χ4n) is 2.50. The molecule has 0 aliphatic carbocycles. The number of amides is 1. The molecule has 0 saturated carbocycles. The van der Waals surface area contributed by atoms with Crippen LogP contribution in [0.15, 0.2) is 40.8 Å². The zero-order chi connectivity index (χ0) is 16.8. The summed E-state index contributed by atoms with van der Waals surface area (Å²) in [5, 5.41) is 2.83. The first kappa shape index (κ1) is 16.4. The molecule has 1 unspecified atom stereocenters. The van der Waals surface area contributed by atoms with Gasteiger partial charge in [-0.3, -0.25) is 4.79 Å². The Balaban J connectivity index is 1.48. The van der Waals surface area contributed by atoms with E-state index in [1.807, 2.05) is 24.3 Å². The number of furan rings is 1. The van der Waals surface area contributed by atoms with Gasteiger partial charge in [-0.1, -0.05) is 0 Å². The van der Waals surface area contributed by atoms with Gasteiger partial charge in [-0.15, -0.1) is 0 Å². The maximum Gasteiger partial charge on any atom is 0.287 e. The number of carbonyl (C=O) groups excluding carboxylic acids is 1. The van der Waals surface area contributed by atoms with Gasteiger partial charge >= 0.3 is 0 Å². The zero-order valence-electron chi connectivity index (χ0n) is 13.6. The van der Waals surface area contributed by atoms with E-state index in [4.69, 9.17) is 18.6 Å². The average molecular weight is 331 g/mol. The van der Waals surface area contributed by atoms with Gasteiger partial charge in [0, 0.05) is 13.2 Å². The molecule has 1 saturated heterocycles. The van der Waals surface area contributed by atoms with Crippen molar-refractivity contribution in [2.75, 3.05) is 20.3 Å². The van der Waals surface area contributed by atoms with E-state index < -0.39 is 0 Å². The van der Waals surface area contributed by atoms with Crippen LogP contribution in [0.1, 0.15) is 29.2 Å². The second-order valence-electron chi connectivity index (χ2n) is 5.58. The third-order valence-corrected chi connectivity index (χ3v) is 3.84. The van der Waals surface area contributed by atoms with Crippen LogP contribution in [0.3, 0.4) is 0 Å². The lowest BCUT2D eigenvalue weighted by atomic mass is 10.2. The second kappa shape index (κ2) is 7.88. The molecular formula is C18H21NO5. The van der Waals surface area contributed by atoms with E-state index in [9.17, 15) is 4.79 Å². The van der Waals surface area contributed by atoms with E-state index in [-0.39, 0.29) is 24.4 Å². The van der Waals surface area contributed by atoms with Gasteiger partial charge < -0.3 is 23.9 Å². The highest BCUT2D eigenvalue weighted by Gasteiger charge is 2.18. The normalized spacial score (nSPS) is 16.8. The first-order valence-corrected chi connectivity index (χ1v) is 8.00. The van der Waals surface area contributed by atoms with Gasteiger partial charge in [0.25, 0.3) is 5.91 Å². The Labute approximate surface area is 140 Å². The highest BCUT2D eigenvalue weighted by Crippen LogP contribution is 2.19. The molecule has 6 heteroatoms. The molecule has 0 bridgehead atoms. The van der Waals surface area contributed by atoms with Crippen LogP contribution in [0.25, 0.3) is 0 Å². The molecule has 3 rings (SSSR count). The molecule has 1 fully saturated rings. The SMILES string of the molecule is COc1ccc(OCc2ccc(C(=O)NCC3CCCO3)o2)cc1. The van der Waals surface area contributed by atoms with Crippen molar-refractivity contribution in [1.29, 1.82) is 0 Å². The summed E-state index contributed by atoms with van der Waals surface area (Å²) in [6.45, 7) is 1.54. The van der Waals surface area contributed by atoms with Crippen LogP contribution in [0.2, 0.25) is 0 Å². The standard InChI is InChI=1S/C18H21NO5/c1-21-13-4-6-14(7-5-13)23-12-16-8-9-17(24-16)18(20)19-11-15-3-2-10-22-15/h4-9,15H,2-3,10-12H2,1H3,(H,19,20). The van der Waals surface area contributed by atoms with Crippen molar-refractivity contribution in [1.82, 2.24) is 5.32 Å². The van der Waals surface area contributed by atoms with Crippen molar-refractivity contribution in [3.8, 4) is 11.5 Å². The van der Waals surface area contributed by atoms with Gasteiger partial charge in [-0.05, 0) is 49.2 Å². The molecular weight excluding hydrogens is 310 g/mol. The lowest BCUT2D eigenvalue weighted by Gasteiger charge is -2.09. The Morgan fingerprint density at radius 3 is 2.71 bits per heavy atom. The predicted molar refractivity (Wildman–Crippen MR) is 87.3 cm³/mol. The first-order valence-electron chi connectivity index (χ1n) is 8.00. The van der Waals surface area contributed by atoms with E-state index in [1.165, 1.54) is 0 Å². The van der Waals surface area contributed by atoms with Gasteiger partial charge in [0.05, 0.1) is 13.2 Å². The van der Waals surface area contributed by atoms with E-state index in [2.05, 4.69) is 5.32 Å². The van der Waals surface area contributed by atoms with Crippen molar-refractivity contribution in [2.45, 2.75) is 25.6 Å². The van der Waals surface area contributed by atoms with E-state index >= 15 is 0 Å². The Morgan fingerprint density at radius 2 is 2.00 bits per heavy atom. The molecule has 1 aromatic heterocycles. The van der Waals surface area contributed by atoms with Gasteiger partial charge in [-0.2, -0.15) is 0 Å². The van der Waals surface area contributed by atoms with Gasteiger partial charge in [0.2, 0.25) is 0 Å². The molecule has 0 radical (unpaired) electrons. The maximum atomic E-state index is 12.0. The summed E-state index contributed by atoms with van der Waals surface area (Å²) in [6.07, 6.45) is 2.15. The summed E-state index contributed by atoms with van der Waals surface area (Å²) in [6, 6.07) is 10.7. The quantitative estimate of drug-likeness (QED) is 0.845. The van der Waals surface area contributed by atoms with Crippen molar-refractivity contribution in [2.24, 2.45) is 0 Å². The number of benzene rings is 1. The van der Waals surface area contributed by atoms with E-state index in [0.717, 1.165) is 25.2 Å². The highest BCUT2D eigenvalue weighted by molar-refractivity contribution is 5.91. The Hall–Kier alpha value is -2.47. The minimum absolute atomic E-state index is 0.113. The van der Waals surface area contributed by atoms with Crippen LogP contribution in [-0.2, 0) is 11.3 Å². The number of hydrogen-bond acceptors (Lipinski definition) is 5. The third-order valence-electron chi connectivity index (χ3n) is 3.84. The molecule has 1 atom stereocenters. The number of methoxy groups -OCH3 is 1. The molecule has 0 spiro atoms. The summed E-state index contributed by atoms with van der Waals surface area (Å²) >= 11 is 0. The van der Waals surface area contributed by atoms with Crippen molar-refractivity contribution in [3.05, 3.63) is 47.9 Å². The molecule has 2 heterocycles. The molecule has 1 amide bonds. The first-order chi connectivity index (χ1) is 11.7. The summed E-state index contributed by atoms with van der Waals surface area (Å²) in [5.41, 5.74) is 0.